The highest BCUT2D eigenvalue weighted by molar-refractivity contribution is 5.75. The van der Waals surface area contributed by atoms with Gasteiger partial charge in [-0.05, 0) is 79.5 Å². The molecule has 32 heavy (non-hydrogen) atoms. The highest BCUT2D eigenvalue weighted by Gasteiger charge is 2.68. The number of urea groups is 1. The second kappa shape index (κ2) is 7.07. The van der Waals surface area contributed by atoms with Crippen molar-refractivity contribution in [2.24, 2.45) is 23.2 Å². The molecule has 2 saturated carbocycles. The molecule has 6 aliphatic rings. The summed E-state index contributed by atoms with van der Waals surface area (Å²) in [7, 11) is 0. The molecule has 2 heterocycles. The van der Waals surface area contributed by atoms with Crippen molar-refractivity contribution < 1.29 is 9.53 Å². The number of morpholine rings is 1. The van der Waals surface area contributed by atoms with Crippen molar-refractivity contribution in [2.75, 3.05) is 45.9 Å². The van der Waals surface area contributed by atoms with E-state index in [2.05, 4.69) is 46.6 Å². The molecule has 4 unspecified atom stereocenters. The number of hydrogen-bond acceptors (Lipinski definition) is 3. The van der Waals surface area contributed by atoms with Gasteiger partial charge >= 0.3 is 6.03 Å². The van der Waals surface area contributed by atoms with Gasteiger partial charge in [0, 0.05) is 25.0 Å². The fourth-order valence-electron chi connectivity index (χ4n) is 8.07. The predicted molar refractivity (Wildman–Crippen MR) is 123 cm³/mol. The average Bonchev–Trinajstić information content (AvgIpc) is 3.39. The summed E-state index contributed by atoms with van der Waals surface area (Å²) in [6.45, 7) is 6.36. The maximum atomic E-state index is 12.9. The van der Waals surface area contributed by atoms with E-state index in [0.717, 1.165) is 29.6 Å². The summed E-state index contributed by atoms with van der Waals surface area (Å²) < 4.78 is 5.42. The molecule has 4 fully saturated rings. The number of rotatable bonds is 3. The van der Waals surface area contributed by atoms with Gasteiger partial charge in [-0.15, -0.1) is 0 Å². The van der Waals surface area contributed by atoms with Gasteiger partial charge in [0.1, 0.15) is 0 Å². The Morgan fingerprint density at radius 3 is 2.62 bits per heavy atom. The van der Waals surface area contributed by atoms with E-state index in [4.69, 9.17) is 4.74 Å². The third-order valence-corrected chi connectivity index (χ3v) is 9.95. The van der Waals surface area contributed by atoms with Crippen molar-refractivity contribution >= 4 is 6.03 Å². The number of benzene rings is 1. The van der Waals surface area contributed by atoms with E-state index in [1.807, 2.05) is 4.90 Å². The van der Waals surface area contributed by atoms with Gasteiger partial charge in [0.2, 0.25) is 0 Å². The van der Waals surface area contributed by atoms with Gasteiger partial charge in [-0.3, -0.25) is 0 Å². The Kier molecular flexibility index (Phi) is 4.33. The summed E-state index contributed by atoms with van der Waals surface area (Å²) in [6, 6.07) is 9.10. The van der Waals surface area contributed by atoms with Crippen LogP contribution in [0.3, 0.4) is 0 Å². The van der Waals surface area contributed by atoms with Gasteiger partial charge in [-0.1, -0.05) is 36.4 Å². The van der Waals surface area contributed by atoms with Gasteiger partial charge in [0.05, 0.1) is 19.3 Å². The number of likely N-dealkylation sites (tertiary alicyclic amines) is 1. The van der Waals surface area contributed by atoms with E-state index in [0.29, 0.717) is 26.3 Å². The van der Waals surface area contributed by atoms with Crippen molar-refractivity contribution in [3.05, 3.63) is 47.5 Å². The first kappa shape index (κ1) is 19.6. The average molecular weight is 434 g/mol. The normalized spacial score (nSPS) is 38.7. The van der Waals surface area contributed by atoms with Crippen LogP contribution in [0.15, 0.2) is 36.4 Å². The zero-order valence-electron chi connectivity index (χ0n) is 19.0. The zero-order valence-corrected chi connectivity index (χ0v) is 19.0. The van der Waals surface area contributed by atoms with Crippen LogP contribution in [0, 0.1) is 23.2 Å². The molecule has 5 atom stereocenters. The molecule has 0 aromatic heterocycles. The van der Waals surface area contributed by atoms with Crippen LogP contribution >= 0.6 is 0 Å². The summed E-state index contributed by atoms with van der Waals surface area (Å²) in [5, 5.41) is 3.38. The highest BCUT2D eigenvalue weighted by atomic mass is 16.5. The molecule has 170 valence electrons. The number of nitrogens with zero attached hydrogens (tertiary/aromatic N) is 2. The van der Waals surface area contributed by atoms with E-state index in [1.165, 1.54) is 56.4 Å². The molecule has 1 aromatic carbocycles. The van der Waals surface area contributed by atoms with Crippen LogP contribution in [-0.4, -0.2) is 61.8 Å². The first-order chi connectivity index (χ1) is 15.7. The van der Waals surface area contributed by atoms with Crippen LogP contribution in [0.2, 0.25) is 0 Å². The lowest BCUT2D eigenvalue weighted by molar-refractivity contribution is 0.0351. The number of carbonyl (C=O) groups excluding carboxylic acids is 1. The maximum Gasteiger partial charge on any atom is 0.318 e. The summed E-state index contributed by atoms with van der Waals surface area (Å²) in [4.78, 5) is 17.6. The number of piperidine rings is 1. The van der Waals surface area contributed by atoms with E-state index in [-0.39, 0.29) is 17.5 Å². The van der Waals surface area contributed by atoms with Crippen LogP contribution in [0.1, 0.15) is 49.3 Å². The van der Waals surface area contributed by atoms with Gasteiger partial charge < -0.3 is 19.9 Å². The smallest absolute Gasteiger partial charge is 0.318 e. The molecule has 1 aromatic rings. The summed E-state index contributed by atoms with van der Waals surface area (Å²) >= 11 is 0. The Morgan fingerprint density at radius 2 is 1.84 bits per heavy atom. The Balaban J connectivity index is 1.02. The van der Waals surface area contributed by atoms with Crippen LogP contribution < -0.4 is 5.32 Å². The number of allylic oxidation sites excluding steroid dienone is 2. The molecule has 5 heteroatoms. The van der Waals surface area contributed by atoms with Crippen LogP contribution in [-0.2, 0) is 10.2 Å². The summed E-state index contributed by atoms with van der Waals surface area (Å²) in [5.74, 6) is 2.72. The standard InChI is InChI=1S/C27H35N3O2/c31-25(30-11-13-32-14-12-30)28-24-17-26(23-4-2-1-3-21(23)24)7-9-29(10-8-26)18-19-15-27-16-20(27)5-6-22(19)27/h1-6,19-20,22,24H,7-18H2,(H,28,31)/t19?,20?,22?,24-,27?/m0/s1. The Bertz CT molecular complexity index is 946. The lowest BCUT2D eigenvalue weighted by Gasteiger charge is -2.48. The van der Waals surface area contributed by atoms with Crippen molar-refractivity contribution in [3.63, 3.8) is 0 Å². The molecular weight excluding hydrogens is 398 g/mol. The minimum Gasteiger partial charge on any atom is -0.378 e. The molecule has 2 spiro atoms. The number of nitrogens with one attached hydrogen (secondary N) is 1. The van der Waals surface area contributed by atoms with E-state index >= 15 is 0 Å². The SMILES string of the molecule is O=C(N[C@H]1CC2(CCN(CC3CC45CC4C=CC35)CC2)c2ccccc21)N1CCOCC1. The molecule has 5 nitrogen and oxygen atoms in total. The van der Waals surface area contributed by atoms with Crippen LogP contribution in [0.4, 0.5) is 4.79 Å². The molecule has 0 bridgehead atoms. The molecular formula is C27H35N3O2. The monoisotopic (exact) mass is 433 g/mol. The number of amides is 2. The lowest BCUT2D eigenvalue weighted by Crippen LogP contribution is -2.49. The molecule has 2 saturated heterocycles. The number of ether oxygens (including phenoxy) is 1. The lowest BCUT2D eigenvalue weighted by atomic mass is 9.62. The Morgan fingerprint density at radius 1 is 1.03 bits per heavy atom. The maximum absolute atomic E-state index is 12.9. The quantitative estimate of drug-likeness (QED) is 0.739. The first-order valence-electron chi connectivity index (χ1n) is 12.8. The Hall–Kier alpha value is -1.85. The second-order valence-corrected chi connectivity index (χ2v) is 11.4. The molecule has 4 aliphatic carbocycles. The largest absolute Gasteiger partial charge is 0.378 e. The minimum absolute atomic E-state index is 0.0736. The van der Waals surface area contributed by atoms with E-state index < -0.39 is 0 Å². The van der Waals surface area contributed by atoms with Gasteiger partial charge in [0.15, 0.2) is 0 Å². The first-order valence-corrected chi connectivity index (χ1v) is 12.8. The molecule has 2 aliphatic heterocycles. The fourth-order valence-corrected chi connectivity index (χ4v) is 8.07. The van der Waals surface area contributed by atoms with Gasteiger partial charge in [0.25, 0.3) is 0 Å². The second-order valence-electron chi connectivity index (χ2n) is 11.4. The van der Waals surface area contributed by atoms with Crippen molar-refractivity contribution in [3.8, 4) is 0 Å². The zero-order chi connectivity index (χ0) is 21.3. The summed E-state index contributed by atoms with van der Waals surface area (Å²) in [6.07, 6.45) is 11.5. The Labute approximate surface area is 191 Å². The topological polar surface area (TPSA) is 44.8 Å². The van der Waals surface area contributed by atoms with E-state index in [1.54, 1.807) is 0 Å². The van der Waals surface area contributed by atoms with Crippen molar-refractivity contribution in [2.45, 2.75) is 43.6 Å². The van der Waals surface area contributed by atoms with Crippen LogP contribution in [0.5, 0.6) is 0 Å². The van der Waals surface area contributed by atoms with Gasteiger partial charge in [-0.2, -0.15) is 0 Å². The molecule has 1 N–H and O–H groups in total. The molecule has 2 amide bonds. The number of hydrogen-bond donors (Lipinski definition) is 1. The van der Waals surface area contributed by atoms with Gasteiger partial charge in [-0.25, -0.2) is 4.79 Å². The highest BCUT2D eigenvalue weighted by Crippen LogP contribution is 2.75. The number of carbonyl (C=O) groups is 1. The fraction of sp³-hybridized carbons (Fsp3) is 0.667. The minimum atomic E-state index is 0.0736. The third kappa shape index (κ3) is 2.86. The van der Waals surface area contributed by atoms with Crippen LogP contribution in [0.25, 0.3) is 0 Å². The van der Waals surface area contributed by atoms with Crippen molar-refractivity contribution in [1.29, 1.82) is 0 Å². The van der Waals surface area contributed by atoms with Crippen molar-refractivity contribution in [1.82, 2.24) is 15.1 Å². The third-order valence-electron chi connectivity index (χ3n) is 9.95. The molecule has 0 radical (unpaired) electrons. The number of fused-ring (bicyclic) bond motifs is 2. The molecule has 7 rings (SSSR count). The summed E-state index contributed by atoms with van der Waals surface area (Å²) in [5.41, 5.74) is 3.80. The van der Waals surface area contributed by atoms with E-state index in [9.17, 15) is 4.79 Å². The predicted octanol–water partition coefficient (Wildman–Crippen LogP) is 3.72.